The highest BCUT2D eigenvalue weighted by atomic mass is 79.9. The lowest BCUT2D eigenvalue weighted by Gasteiger charge is -2.11. The van der Waals surface area contributed by atoms with E-state index in [1.54, 1.807) is 30.3 Å². The molecule has 0 atom stereocenters. The number of rotatable bonds is 6. The van der Waals surface area contributed by atoms with Crippen LogP contribution in [0.3, 0.4) is 0 Å². The quantitative estimate of drug-likeness (QED) is 0.132. The van der Waals surface area contributed by atoms with Crippen LogP contribution in [0, 0.1) is 0 Å². The van der Waals surface area contributed by atoms with Gasteiger partial charge in [-0.05, 0) is 48.0 Å². The summed E-state index contributed by atoms with van der Waals surface area (Å²) in [4.78, 5) is 16.1. The van der Waals surface area contributed by atoms with E-state index in [1.807, 2.05) is 0 Å². The van der Waals surface area contributed by atoms with Crippen LogP contribution in [-0.2, 0) is 11.0 Å². The van der Waals surface area contributed by atoms with E-state index in [2.05, 4.69) is 31.4 Å². The Kier molecular flexibility index (Phi) is 7.34. The number of nitrogens with zero attached hydrogens (tertiary/aromatic N) is 2. The summed E-state index contributed by atoms with van der Waals surface area (Å²) in [6.45, 7) is 0. The van der Waals surface area contributed by atoms with Crippen molar-refractivity contribution in [3.63, 3.8) is 0 Å². The van der Waals surface area contributed by atoms with Gasteiger partial charge in [0, 0.05) is 28.5 Å². The van der Waals surface area contributed by atoms with Gasteiger partial charge in [0.2, 0.25) is 5.91 Å². The molecule has 170 valence electrons. The van der Waals surface area contributed by atoms with Crippen LogP contribution in [0.1, 0.15) is 16.8 Å². The molecule has 0 aliphatic heterocycles. The van der Waals surface area contributed by atoms with Gasteiger partial charge in [-0.3, -0.25) is 9.78 Å². The fourth-order valence-corrected chi connectivity index (χ4v) is 3.13. The van der Waals surface area contributed by atoms with Crippen molar-refractivity contribution in [3.05, 3.63) is 88.2 Å². The number of carbonyl (C=O) groups excluding carboxylic acids is 1. The Morgan fingerprint density at radius 1 is 1.15 bits per heavy atom. The third kappa shape index (κ3) is 6.56. The Morgan fingerprint density at radius 3 is 2.64 bits per heavy atom. The van der Waals surface area contributed by atoms with Crippen molar-refractivity contribution >= 4 is 39.4 Å². The molecular weight excluding hydrogens is 505 g/mol. The maximum absolute atomic E-state index is 13.0. The lowest BCUT2D eigenvalue weighted by molar-refractivity contribution is -0.138. The van der Waals surface area contributed by atoms with Gasteiger partial charge >= 0.3 is 6.18 Å². The number of amidine groups is 1. The SMILES string of the molecule is NC(=NO)c1cc(Oc2cccc(C=CC(=O)Nc3ccc(Br)c(C(F)(F)F)c3)c2)ccn1. The fourth-order valence-electron chi connectivity index (χ4n) is 2.66. The summed E-state index contributed by atoms with van der Waals surface area (Å²) >= 11 is 2.85. The average molecular weight is 521 g/mol. The maximum Gasteiger partial charge on any atom is 0.417 e. The molecule has 1 aromatic heterocycles. The first-order valence-corrected chi connectivity index (χ1v) is 10.0. The van der Waals surface area contributed by atoms with Crippen molar-refractivity contribution < 1.29 is 27.9 Å². The topological polar surface area (TPSA) is 110 Å². The van der Waals surface area contributed by atoms with Crippen LogP contribution >= 0.6 is 15.9 Å². The molecule has 0 aliphatic carbocycles. The number of anilines is 1. The predicted molar refractivity (Wildman–Crippen MR) is 120 cm³/mol. The van der Waals surface area contributed by atoms with Crippen LogP contribution in [0.4, 0.5) is 18.9 Å². The molecule has 1 amide bonds. The third-order valence-electron chi connectivity index (χ3n) is 4.16. The number of halogens is 4. The normalized spacial score (nSPS) is 12.1. The van der Waals surface area contributed by atoms with Gasteiger partial charge in [0.25, 0.3) is 0 Å². The molecule has 4 N–H and O–H groups in total. The first-order valence-electron chi connectivity index (χ1n) is 9.23. The van der Waals surface area contributed by atoms with E-state index in [-0.39, 0.29) is 21.7 Å². The van der Waals surface area contributed by atoms with Crippen molar-refractivity contribution in [2.24, 2.45) is 10.9 Å². The number of aromatic nitrogens is 1. The van der Waals surface area contributed by atoms with Crippen LogP contribution in [0.2, 0.25) is 0 Å². The molecule has 11 heteroatoms. The van der Waals surface area contributed by atoms with Gasteiger partial charge in [-0.1, -0.05) is 33.2 Å². The van der Waals surface area contributed by atoms with Crippen molar-refractivity contribution in [2.45, 2.75) is 6.18 Å². The number of benzene rings is 2. The van der Waals surface area contributed by atoms with Gasteiger partial charge in [-0.2, -0.15) is 13.2 Å². The lowest BCUT2D eigenvalue weighted by atomic mass is 10.2. The number of hydrogen-bond acceptors (Lipinski definition) is 5. The number of pyridine rings is 1. The Hall–Kier alpha value is -3.86. The first kappa shape index (κ1) is 23.8. The highest BCUT2D eigenvalue weighted by Crippen LogP contribution is 2.36. The second-order valence-corrected chi connectivity index (χ2v) is 7.41. The summed E-state index contributed by atoms with van der Waals surface area (Å²) in [6, 6.07) is 13.2. The molecule has 3 aromatic rings. The molecule has 0 fully saturated rings. The highest BCUT2D eigenvalue weighted by Gasteiger charge is 2.33. The molecule has 3 rings (SSSR count). The maximum atomic E-state index is 13.0. The zero-order valence-electron chi connectivity index (χ0n) is 16.7. The number of oxime groups is 1. The number of amides is 1. The average Bonchev–Trinajstić information content (AvgIpc) is 2.78. The van der Waals surface area contributed by atoms with Gasteiger partial charge < -0.3 is 21.0 Å². The molecular formula is C22H16BrF3N4O3. The lowest BCUT2D eigenvalue weighted by Crippen LogP contribution is -2.14. The van der Waals surface area contributed by atoms with Gasteiger partial charge in [-0.15, -0.1) is 0 Å². The molecule has 0 unspecified atom stereocenters. The van der Waals surface area contributed by atoms with Crippen molar-refractivity contribution in [1.82, 2.24) is 4.98 Å². The number of carbonyl (C=O) groups is 1. The Bertz CT molecular complexity index is 1230. The zero-order chi connectivity index (χ0) is 24.0. The molecule has 0 aliphatic rings. The minimum absolute atomic E-state index is 0.0106. The minimum atomic E-state index is -4.55. The van der Waals surface area contributed by atoms with Crippen molar-refractivity contribution in [2.75, 3.05) is 5.32 Å². The molecule has 0 bridgehead atoms. The second kappa shape index (κ2) is 10.2. The molecule has 0 radical (unpaired) electrons. The van der Waals surface area contributed by atoms with E-state index in [1.165, 1.54) is 36.5 Å². The summed E-state index contributed by atoms with van der Waals surface area (Å²) in [5.74, 6) is 0.0590. The first-order chi connectivity index (χ1) is 15.7. The van der Waals surface area contributed by atoms with E-state index in [9.17, 15) is 18.0 Å². The summed E-state index contributed by atoms with van der Waals surface area (Å²) in [5.41, 5.74) is 5.48. The Morgan fingerprint density at radius 2 is 1.91 bits per heavy atom. The second-order valence-electron chi connectivity index (χ2n) is 6.55. The monoisotopic (exact) mass is 520 g/mol. The van der Waals surface area contributed by atoms with Crippen LogP contribution in [0.5, 0.6) is 11.5 Å². The molecule has 7 nitrogen and oxygen atoms in total. The van der Waals surface area contributed by atoms with Gasteiger partial charge in [0.1, 0.15) is 17.2 Å². The van der Waals surface area contributed by atoms with Gasteiger partial charge in [0.05, 0.1) is 5.56 Å². The number of alkyl halides is 3. The Balaban J connectivity index is 1.69. The van der Waals surface area contributed by atoms with Crippen LogP contribution in [0.15, 0.2) is 76.5 Å². The van der Waals surface area contributed by atoms with E-state index in [4.69, 9.17) is 15.7 Å². The van der Waals surface area contributed by atoms with Crippen molar-refractivity contribution in [3.8, 4) is 11.5 Å². The number of hydrogen-bond donors (Lipinski definition) is 3. The number of nitrogens with two attached hydrogens (primary N) is 1. The Labute approximate surface area is 194 Å². The van der Waals surface area contributed by atoms with E-state index in [0.29, 0.717) is 17.1 Å². The zero-order valence-corrected chi connectivity index (χ0v) is 18.3. The predicted octanol–water partition coefficient (Wildman–Crippen LogP) is 5.40. The molecule has 0 saturated carbocycles. The van der Waals surface area contributed by atoms with Gasteiger partial charge in [-0.25, -0.2) is 0 Å². The smallest absolute Gasteiger partial charge is 0.417 e. The van der Waals surface area contributed by atoms with Crippen molar-refractivity contribution in [1.29, 1.82) is 0 Å². The van der Waals surface area contributed by atoms with Crippen LogP contribution in [-0.4, -0.2) is 21.9 Å². The molecule has 2 aromatic carbocycles. The largest absolute Gasteiger partial charge is 0.457 e. The highest BCUT2D eigenvalue weighted by molar-refractivity contribution is 9.10. The van der Waals surface area contributed by atoms with E-state index >= 15 is 0 Å². The molecule has 33 heavy (non-hydrogen) atoms. The number of ether oxygens (including phenoxy) is 1. The standard InChI is InChI=1S/C22H16BrF3N4O3/c23-18-6-5-14(11-17(18)22(24,25)26)29-20(31)7-4-13-2-1-3-15(10-13)33-16-8-9-28-19(12-16)21(27)30-32/h1-12,32H,(H2,27,30)(H,29,31). The van der Waals surface area contributed by atoms with Crippen LogP contribution < -0.4 is 15.8 Å². The summed E-state index contributed by atoms with van der Waals surface area (Å²) in [6.07, 6.45) is -0.442. The summed E-state index contributed by atoms with van der Waals surface area (Å²) in [7, 11) is 0. The number of nitrogens with one attached hydrogen (secondary N) is 1. The molecule has 0 saturated heterocycles. The minimum Gasteiger partial charge on any atom is -0.457 e. The summed E-state index contributed by atoms with van der Waals surface area (Å²) < 4.78 is 44.7. The molecule has 0 spiro atoms. The summed E-state index contributed by atoms with van der Waals surface area (Å²) in [5, 5.41) is 14.0. The molecule has 1 heterocycles. The fraction of sp³-hybridized carbons (Fsp3) is 0.0455. The van der Waals surface area contributed by atoms with Gasteiger partial charge in [0.15, 0.2) is 5.84 Å². The van der Waals surface area contributed by atoms with E-state index in [0.717, 1.165) is 6.07 Å². The van der Waals surface area contributed by atoms with Crippen LogP contribution in [0.25, 0.3) is 6.08 Å². The van der Waals surface area contributed by atoms with E-state index < -0.39 is 17.6 Å². The third-order valence-corrected chi connectivity index (χ3v) is 4.85.